The zero-order valence-electron chi connectivity index (χ0n) is 18.4. The van der Waals surface area contributed by atoms with Crippen LogP contribution in [-0.4, -0.2) is 22.5 Å². The number of aryl methyl sites for hydroxylation is 2. The molecule has 0 radical (unpaired) electrons. The number of pyridine rings is 1. The number of fused-ring (bicyclic) bond motifs is 1. The SMILES string of the molecule is O=C(C(O)c1ccc(F)cc1)N(CCc1ccc(C(F)(F)F)nc1)c1ccc2c(c1)CCCC2. The predicted molar refractivity (Wildman–Crippen MR) is 120 cm³/mol. The summed E-state index contributed by atoms with van der Waals surface area (Å²) in [6.45, 7) is 0.128. The Labute approximate surface area is 194 Å². The fraction of sp³-hybridized carbons (Fsp3) is 0.308. The summed E-state index contributed by atoms with van der Waals surface area (Å²) in [5, 5.41) is 10.7. The first-order valence-corrected chi connectivity index (χ1v) is 11.1. The Bertz CT molecular complexity index is 1140. The van der Waals surface area contributed by atoms with E-state index in [1.165, 1.54) is 40.8 Å². The van der Waals surface area contributed by atoms with Crippen LogP contribution in [0.3, 0.4) is 0 Å². The van der Waals surface area contributed by atoms with E-state index >= 15 is 0 Å². The number of hydrogen-bond acceptors (Lipinski definition) is 3. The number of nitrogens with zero attached hydrogens (tertiary/aromatic N) is 2. The molecule has 0 saturated carbocycles. The molecule has 4 rings (SSSR count). The van der Waals surface area contributed by atoms with Gasteiger partial charge in [-0.3, -0.25) is 9.78 Å². The Morgan fingerprint density at radius 3 is 2.35 bits per heavy atom. The molecule has 1 aliphatic rings. The van der Waals surface area contributed by atoms with Crippen molar-refractivity contribution >= 4 is 11.6 Å². The minimum atomic E-state index is -4.52. The summed E-state index contributed by atoms with van der Waals surface area (Å²) in [6.07, 6.45) is -0.615. The van der Waals surface area contributed by atoms with Gasteiger partial charge >= 0.3 is 6.18 Å². The van der Waals surface area contributed by atoms with Crippen LogP contribution in [0.25, 0.3) is 0 Å². The third kappa shape index (κ3) is 5.44. The zero-order chi connectivity index (χ0) is 24.3. The lowest BCUT2D eigenvalue weighted by Gasteiger charge is -2.27. The highest BCUT2D eigenvalue weighted by Gasteiger charge is 2.32. The second-order valence-corrected chi connectivity index (χ2v) is 8.40. The minimum Gasteiger partial charge on any atom is -0.378 e. The molecule has 8 heteroatoms. The molecular formula is C26H24F4N2O2. The van der Waals surface area contributed by atoms with Crippen molar-refractivity contribution in [3.05, 3.63) is 94.6 Å². The molecule has 0 saturated heterocycles. The first-order chi connectivity index (χ1) is 16.2. The second kappa shape index (κ2) is 9.93. The lowest BCUT2D eigenvalue weighted by molar-refractivity contribution is -0.141. The third-order valence-corrected chi connectivity index (χ3v) is 6.07. The number of hydrogen-bond donors (Lipinski definition) is 1. The highest BCUT2D eigenvalue weighted by atomic mass is 19.4. The van der Waals surface area contributed by atoms with E-state index in [2.05, 4.69) is 4.98 Å². The van der Waals surface area contributed by atoms with Crippen molar-refractivity contribution in [2.75, 3.05) is 11.4 Å². The fourth-order valence-electron chi connectivity index (χ4n) is 4.17. The van der Waals surface area contributed by atoms with Crippen molar-refractivity contribution < 1.29 is 27.5 Å². The van der Waals surface area contributed by atoms with Gasteiger partial charge in [-0.05, 0) is 84.7 Å². The fourth-order valence-corrected chi connectivity index (χ4v) is 4.17. The quantitative estimate of drug-likeness (QED) is 0.487. The Kier molecular flexibility index (Phi) is 6.97. The molecule has 1 heterocycles. The van der Waals surface area contributed by atoms with Gasteiger partial charge in [0.25, 0.3) is 5.91 Å². The van der Waals surface area contributed by atoms with E-state index in [-0.39, 0.29) is 18.5 Å². The molecule has 178 valence electrons. The van der Waals surface area contributed by atoms with E-state index in [1.807, 2.05) is 18.2 Å². The number of anilines is 1. The normalized spacial score (nSPS) is 14.4. The Hall–Kier alpha value is -3.26. The van der Waals surface area contributed by atoms with Crippen LogP contribution in [0.1, 0.15) is 46.9 Å². The molecule has 1 unspecified atom stereocenters. The number of carbonyl (C=O) groups excluding carboxylic acids is 1. The van der Waals surface area contributed by atoms with Gasteiger partial charge in [-0.25, -0.2) is 4.39 Å². The van der Waals surface area contributed by atoms with E-state index in [9.17, 15) is 27.5 Å². The van der Waals surface area contributed by atoms with Gasteiger partial charge in [0.05, 0.1) is 0 Å². The van der Waals surface area contributed by atoms with Crippen molar-refractivity contribution in [2.45, 2.75) is 44.4 Å². The number of benzene rings is 2. The van der Waals surface area contributed by atoms with Gasteiger partial charge in [0.1, 0.15) is 11.5 Å². The molecule has 1 amide bonds. The Morgan fingerprint density at radius 2 is 1.71 bits per heavy atom. The molecule has 1 atom stereocenters. The van der Waals surface area contributed by atoms with E-state index in [0.29, 0.717) is 11.3 Å². The standard InChI is InChI=1S/C26H24F4N2O2/c27-21-9-6-19(7-10-21)24(33)25(34)32(22-11-8-18-3-1-2-4-20(18)15-22)14-13-17-5-12-23(31-16-17)26(28,29)30/h5-12,15-16,24,33H,1-4,13-14H2. The van der Waals surface area contributed by atoms with Crippen LogP contribution in [0.2, 0.25) is 0 Å². The summed E-state index contributed by atoms with van der Waals surface area (Å²) in [4.78, 5) is 18.2. The molecule has 34 heavy (non-hydrogen) atoms. The molecule has 2 aromatic carbocycles. The van der Waals surface area contributed by atoms with Crippen LogP contribution in [0.4, 0.5) is 23.2 Å². The summed E-state index contributed by atoms with van der Waals surface area (Å²) in [6, 6.07) is 13.0. The van der Waals surface area contributed by atoms with Crippen LogP contribution >= 0.6 is 0 Å². The molecule has 0 spiro atoms. The zero-order valence-corrected chi connectivity index (χ0v) is 18.4. The van der Waals surface area contributed by atoms with Gasteiger partial charge in [-0.1, -0.05) is 24.3 Å². The van der Waals surface area contributed by atoms with Gasteiger partial charge in [-0.2, -0.15) is 13.2 Å². The summed E-state index contributed by atoms with van der Waals surface area (Å²) >= 11 is 0. The van der Waals surface area contributed by atoms with Gasteiger partial charge in [-0.15, -0.1) is 0 Å². The highest BCUT2D eigenvalue weighted by Crippen LogP contribution is 2.29. The van der Waals surface area contributed by atoms with Crippen molar-refractivity contribution in [2.24, 2.45) is 0 Å². The Morgan fingerprint density at radius 1 is 1.00 bits per heavy atom. The summed E-state index contributed by atoms with van der Waals surface area (Å²) < 4.78 is 51.7. The number of aliphatic hydroxyl groups is 1. The highest BCUT2D eigenvalue weighted by molar-refractivity contribution is 5.97. The molecule has 1 aromatic heterocycles. The van der Waals surface area contributed by atoms with E-state index in [0.717, 1.165) is 43.5 Å². The maximum atomic E-state index is 13.3. The van der Waals surface area contributed by atoms with Gasteiger partial charge in [0, 0.05) is 18.4 Å². The second-order valence-electron chi connectivity index (χ2n) is 8.40. The lowest BCUT2D eigenvalue weighted by atomic mass is 9.91. The molecule has 1 N–H and O–H groups in total. The van der Waals surface area contributed by atoms with Crippen LogP contribution in [0, 0.1) is 5.82 Å². The van der Waals surface area contributed by atoms with Crippen LogP contribution < -0.4 is 4.90 Å². The number of halogens is 4. The average molecular weight is 472 g/mol. The van der Waals surface area contributed by atoms with Crippen LogP contribution in [0.5, 0.6) is 0 Å². The van der Waals surface area contributed by atoms with Gasteiger partial charge in [0.15, 0.2) is 6.10 Å². The average Bonchev–Trinajstić information content (AvgIpc) is 2.83. The predicted octanol–water partition coefficient (Wildman–Crippen LogP) is 5.43. The summed E-state index contributed by atoms with van der Waals surface area (Å²) in [7, 11) is 0. The van der Waals surface area contributed by atoms with Crippen molar-refractivity contribution in [3.8, 4) is 0 Å². The number of carbonyl (C=O) groups is 1. The van der Waals surface area contributed by atoms with Crippen molar-refractivity contribution in [1.29, 1.82) is 0 Å². The maximum absolute atomic E-state index is 13.3. The number of aliphatic hydroxyl groups excluding tert-OH is 1. The van der Waals surface area contributed by atoms with E-state index in [4.69, 9.17) is 0 Å². The number of amides is 1. The van der Waals surface area contributed by atoms with Crippen molar-refractivity contribution in [3.63, 3.8) is 0 Å². The largest absolute Gasteiger partial charge is 0.433 e. The van der Waals surface area contributed by atoms with Gasteiger partial charge < -0.3 is 10.0 Å². The number of alkyl halides is 3. The summed E-state index contributed by atoms with van der Waals surface area (Å²) in [5.74, 6) is -1.08. The smallest absolute Gasteiger partial charge is 0.378 e. The molecule has 3 aromatic rings. The van der Waals surface area contributed by atoms with Crippen molar-refractivity contribution in [1.82, 2.24) is 4.98 Å². The maximum Gasteiger partial charge on any atom is 0.433 e. The third-order valence-electron chi connectivity index (χ3n) is 6.07. The van der Waals surface area contributed by atoms with Crippen LogP contribution in [0.15, 0.2) is 60.8 Å². The van der Waals surface area contributed by atoms with E-state index in [1.54, 1.807) is 0 Å². The monoisotopic (exact) mass is 472 g/mol. The van der Waals surface area contributed by atoms with E-state index < -0.39 is 29.7 Å². The molecule has 4 nitrogen and oxygen atoms in total. The molecule has 0 bridgehead atoms. The lowest BCUT2D eigenvalue weighted by Crippen LogP contribution is -2.37. The number of aromatic nitrogens is 1. The molecule has 1 aliphatic carbocycles. The minimum absolute atomic E-state index is 0.128. The Balaban J connectivity index is 1.59. The molecule has 0 aliphatic heterocycles. The topological polar surface area (TPSA) is 53.4 Å². The first-order valence-electron chi connectivity index (χ1n) is 11.1. The number of rotatable bonds is 6. The van der Waals surface area contributed by atoms with Gasteiger partial charge in [0.2, 0.25) is 0 Å². The molecule has 0 fully saturated rings. The molecular weight excluding hydrogens is 448 g/mol. The summed E-state index contributed by atoms with van der Waals surface area (Å²) in [5.41, 5.74) is 2.78. The first kappa shape index (κ1) is 23.9. The van der Waals surface area contributed by atoms with Crippen LogP contribution in [-0.2, 0) is 30.2 Å².